The van der Waals surface area contributed by atoms with Crippen LogP contribution in [0.2, 0.25) is 0 Å². The fourth-order valence-electron chi connectivity index (χ4n) is 2.17. The van der Waals surface area contributed by atoms with Gasteiger partial charge in [0, 0.05) is 12.0 Å². The molecule has 0 heterocycles. The van der Waals surface area contributed by atoms with Gasteiger partial charge in [-0.25, -0.2) is 0 Å². The van der Waals surface area contributed by atoms with Crippen molar-refractivity contribution in [3.63, 3.8) is 0 Å². The minimum Gasteiger partial charge on any atom is -0.507 e. The van der Waals surface area contributed by atoms with Crippen LogP contribution in [-0.2, 0) is 6.42 Å². The largest absolute Gasteiger partial charge is 0.507 e. The first-order chi connectivity index (χ1) is 7.27. The maximum Gasteiger partial charge on any atom is 0.133 e. The topological polar surface area (TPSA) is 20.2 Å². The van der Waals surface area contributed by atoms with Crippen molar-refractivity contribution in [1.29, 1.82) is 0 Å². The van der Waals surface area contributed by atoms with Crippen molar-refractivity contribution < 1.29 is 5.11 Å². The molecule has 1 aliphatic rings. The molecule has 0 atom stereocenters. The fourth-order valence-corrected chi connectivity index (χ4v) is 2.67. The second-order valence-corrected chi connectivity index (χ2v) is 4.92. The molecule has 0 saturated heterocycles. The van der Waals surface area contributed by atoms with Crippen LogP contribution < -0.4 is 0 Å². The lowest BCUT2D eigenvalue weighted by atomic mass is 10.1. The van der Waals surface area contributed by atoms with Crippen LogP contribution in [0.5, 0.6) is 5.75 Å². The highest BCUT2D eigenvalue weighted by atomic mass is 127. The quantitative estimate of drug-likeness (QED) is 0.630. The van der Waals surface area contributed by atoms with E-state index in [2.05, 4.69) is 40.8 Å². The number of hydrogen-bond donors (Lipinski definition) is 1. The fraction of sp³-hybridized carbons (Fsp3) is 0.0769. The third-order valence-corrected chi connectivity index (χ3v) is 3.78. The number of halogens is 1. The first-order valence-corrected chi connectivity index (χ1v) is 5.94. The highest BCUT2D eigenvalue weighted by molar-refractivity contribution is 14.1. The van der Waals surface area contributed by atoms with Crippen molar-refractivity contribution in [2.75, 3.05) is 0 Å². The third-order valence-electron chi connectivity index (χ3n) is 2.91. The summed E-state index contributed by atoms with van der Waals surface area (Å²) in [5.41, 5.74) is 4.83. The normalized spacial score (nSPS) is 12.3. The van der Waals surface area contributed by atoms with Crippen molar-refractivity contribution in [1.82, 2.24) is 0 Å². The summed E-state index contributed by atoms with van der Waals surface area (Å²) in [6.07, 6.45) is 0.855. The lowest BCUT2D eigenvalue weighted by molar-refractivity contribution is 0.466. The Balaban J connectivity index is 2.31. The lowest BCUT2D eigenvalue weighted by Crippen LogP contribution is -1.84. The molecule has 2 aromatic carbocycles. The summed E-state index contributed by atoms with van der Waals surface area (Å²) in [5.74, 6) is 0.448. The summed E-state index contributed by atoms with van der Waals surface area (Å²) in [6, 6.07) is 12.4. The van der Waals surface area contributed by atoms with E-state index in [1.165, 1.54) is 16.7 Å². The predicted octanol–water partition coefficient (Wildman–Crippen LogP) is 3.57. The summed E-state index contributed by atoms with van der Waals surface area (Å²) in [6.45, 7) is 0. The summed E-state index contributed by atoms with van der Waals surface area (Å²) in [5, 5.41) is 9.98. The standard InChI is InChI=1S/C13H9IO/c14-12-6-5-10-9-4-2-1-3-8(9)7-11(10)13(12)15/h1-6,15H,7H2. The number of fused-ring (bicyclic) bond motifs is 3. The Morgan fingerprint density at radius 3 is 2.67 bits per heavy atom. The van der Waals surface area contributed by atoms with Crippen molar-refractivity contribution in [3.05, 3.63) is 51.1 Å². The van der Waals surface area contributed by atoms with E-state index in [1.54, 1.807) is 0 Å². The van der Waals surface area contributed by atoms with E-state index in [9.17, 15) is 5.11 Å². The molecule has 0 radical (unpaired) electrons. The maximum absolute atomic E-state index is 9.98. The molecule has 0 fully saturated rings. The number of benzene rings is 2. The molecule has 2 heteroatoms. The van der Waals surface area contributed by atoms with Crippen LogP contribution in [0.25, 0.3) is 11.1 Å². The van der Waals surface area contributed by atoms with Gasteiger partial charge in [-0.3, -0.25) is 0 Å². The number of phenols is 1. The highest BCUT2D eigenvalue weighted by Gasteiger charge is 2.21. The number of rotatable bonds is 0. The molecule has 0 aromatic heterocycles. The molecule has 1 N–H and O–H groups in total. The molecule has 0 saturated carbocycles. The van der Waals surface area contributed by atoms with Gasteiger partial charge in [0.05, 0.1) is 3.57 Å². The Kier molecular flexibility index (Phi) is 1.99. The van der Waals surface area contributed by atoms with Gasteiger partial charge in [0.2, 0.25) is 0 Å². The van der Waals surface area contributed by atoms with Crippen LogP contribution in [0.3, 0.4) is 0 Å². The Bertz CT molecular complexity index is 546. The van der Waals surface area contributed by atoms with E-state index in [-0.39, 0.29) is 0 Å². The summed E-state index contributed by atoms with van der Waals surface area (Å²) in [7, 11) is 0. The van der Waals surface area contributed by atoms with E-state index in [0.717, 1.165) is 15.6 Å². The summed E-state index contributed by atoms with van der Waals surface area (Å²) in [4.78, 5) is 0. The zero-order chi connectivity index (χ0) is 10.4. The highest BCUT2D eigenvalue weighted by Crippen LogP contribution is 2.42. The second-order valence-electron chi connectivity index (χ2n) is 3.76. The predicted molar refractivity (Wildman–Crippen MR) is 69.1 cm³/mol. The van der Waals surface area contributed by atoms with E-state index in [1.807, 2.05) is 18.2 Å². The minimum absolute atomic E-state index is 0.448. The monoisotopic (exact) mass is 308 g/mol. The van der Waals surface area contributed by atoms with Crippen molar-refractivity contribution in [2.24, 2.45) is 0 Å². The van der Waals surface area contributed by atoms with Crippen LogP contribution in [0.1, 0.15) is 11.1 Å². The Labute approximate surface area is 102 Å². The molecule has 0 unspecified atom stereocenters. The minimum atomic E-state index is 0.448. The van der Waals surface area contributed by atoms with Crippen molar-refractivity contribution >= 4 is 22.6 Å². The average molecular weight is 308 g/mol. The van der Waals surface area contributed by atoms with Gasteiger partial charge in [0.15, 0.2) is 0 Å². The van der Waals surface area contributed by atoms with Gasteiger partial charge >= 0.3 is 0 Å². The molecule has 1 aliphatic carbocycles. The van der Waals surface area contributed by atoms with Crippen LogP contribution in [0.15, 0.2) is 36.4 Å². The smallest absolute Gasteiger partial charge is 0.133 e. The van der Waals surface area contributed by atoms with Gasteiger partial charge < -0.3 is 5.11 Å². The Morgan fingerprint density at radius 2 is 1.80 bits per heavy atom. The van der Waals surface area contributed by atoms with Crippen LogP contribution >= 0.6 is 22.6 Å². The summed E-state index contributed by atoms with van der Waals surface area (Å²) >= 11 is 2.17. The van der Waals surface area contributed by atoms with Gasteiger partial charge in [-0.15, -0.1) is 0 Å². The van der Waals surface area contributed by atoms with Crippen LogP contribution in [0, 0.1) is 3.57 Å². The van der Waals surface area contributed by atoms with Gasteiger partial charge in [0.25, 0.3) is 0 Å². The van der Waals surface area contributed by atoms with E-state index in [4.69, 9.17) is 0 Å². The van der Waals surface area contributed by atoms with Gasteiger partial charge in [-0.1, -0.05) is 30.3 Å². The molecular formula is C13H9IO. The van der Waals surface area contributed by atoms with Gasteiger partial charge in [-0.05, 0) is 45.3 Å². The van der Waals surface area contributed by atoms with E-state index in [0.29, 0.717) is 5.75 Å². The molecule has 3 rings (SSSR count). The third kappa shape index (κ3) is 1.28. The molecule has 1 nitrogen and oxygen atoms in total. The second kappa shape index (κ2) is 3.23. The molecule has 15 heavy (non-hydrogen) atoms. The first-order valence-electron chi connectivity index (χ1n) is 4.86. The molecule has 0 amide bonds. The van der Waals surface area contributed by atoms with Gasteiger partial charge in [0.1, 0.15) is 5.75 Å². The molecule has 0 bridgehead atoms. The van der Waals surface area contributed by atoms with Gasteiger partial charge in [-0.2, -0.15) is 0 Å². The van der Waals surface area contributed by atoms with Crippen LogP contribution in [0.4, 0.5) is 0 Å². The van der Waals surface area contributed by atoms with Crippen LogP contribution in [-0.4, -0.2) is 5.11 Å². The molecule has 0 spiro atoms. The molecule has 74 valence electrons. The lowest BCUT2D eigenvalue weighted by Gasteiger charge is -2.04. The zero-order valence-corrected chi connectivity index (χ0v) is 10.2. The number of hydrogen-bond acceptors (Lipinski definition) is 1. The Morgan fingerprint density at radius 1 is 1.00 bits per heavy atom. The van der Waals surface area contributed by atoms with E-state index < -0.39 is 0 Å². The molecule has 0 aliphatic heterocycles. The number of aromatic hydroxyl groups is 1. The summed E-state index contributed by atoms with van der Waals surface area (Å²) < 4.78 is 0.930. The first kappa shape index (κ1) is 9.21. The SMILES string of the molecule is Oc1c(I)ccc2c1Cc1ccccc1-2. The van der Waals surface area contributed by atoms with Crippen molar-refractivity contribution in [3.8, 4) is 16.9 Å². The average Bonchev–Trinajstić information content (AvgIpc) is 2.63. The molecular weight excluding hydrogens is 299 g/mol. The van der Waals surface area contributed by atoms with Crippen molar-refractivity contribution in [2.45, 2.75) is 6.42 Å². The molecule has 2 aromatic rings. The zero-order valence-electron chi connectivity index (χ0n) is 8.00. The number of phenolic OH excluding ortho intramolecular Hbond substituents is 1. The van der Waals surface area contributed by atoms with E-state index >= 15 is 0 Å². The Hall–Kier alpha value is -1.03. The maximum atomic E-state index is 9.98.